The summed E-state index contributed by atoms with van der Waals surface area (Å²) < 4.78 is 5.44. The van der Waals surface area contributed by atoms with Gasteiger partial charge in [-0.2, -0.15) is 5.10 Å². The van der Waals surface area contributed by atoms with Crippen molar-refractivity contribution in [2.75, 3.05) is 0 Å². The van der Waals surface area contributed by atoms with Gasteiger partial charge in [-0.1, -0.05) is 17.0 Å². The Morgan fingerprint density at radius 1 is 1.38 bits per heavy atom. The van der Waals surface area contributed by atoms with E-state index in [4.69, 9.17) is 21.8 Å². The van der Waals surface area contributed by atoms with Gasteiger partial charge in [0.25, 0.3) is 5.96 Å². The summed E-state index contributed by atoms with van der Waals surface area (Å²) in [6.45, 7) is 0. The lowest BCUT2D eigenvalue weighted by Crippen LogP contribution is -2.35. The molecule has 10 nitrogen and oxygen atoms in total. The maximum absolute atomic E-state index is 11.0. The van der Waals surface area contributed by atoms with Crippen molar-refractivity contribution in [2.24, 2.45) is 15.9 Å². The number of hydrazine groups is 1. The van der Waals surface area contributed by atoms with Gasteiger partial charge in [0.15, 0.2) is 5.03 Å². The number of carboxylic acid groups (broad SMARTS) is 1. The molecule has 0 saturated heterocycles. The fourth-order valence-electron chi connectivity index (χ4n) is 1.68. The van der Waals surface area contributed by atoms with Gasteiger partial charge in [0, 0.05) is 16.1 Å². The molecule has 0 fully saturated rings. The lowest BCUT2D eigenvalue weighted by atomic mass is 10.1. The minimum atomic E-state index is -1.40. The van der Waals surface area contributed by atoms with Crippen molar-refractivity contribution in [2.45, 2.75) is 0 Å². The van der Waals surface area contributed by atoms with Crippen LogP contribution in [0.25, 0.3) is 11.3 Å². The zero-order valence-electron chi connectivity index (χ0n) is 11.8. The van der Waals surface area contributed by atoms with Crippen LogP contribution in [0.2, 0.25) is 5.02 Å². The average Bonchev–Trinajstić information content (AvgIpc) is 2.95. The van der Waals surface area contributed by atoms with Crippen LogP contribution in [0.4, 0.5) is 0 Å². The van der Waals surface area contributed by atoms with Crippen LogP contribution >= 0.6 is 11.6 Å². The van der Waals surface area contributed by atoms with Crippen molar-refractivity contribution in [3.05, 3.63) is 56.8 Å². The molecule has 3 N–H and O–H groups in total. The van der Waals surface area contributed by atoms with Gasteiger partial charge < -0.3 is 20.1 Å². The number of furan rings is 1. The van der Waals surface area contributed by atoms with E-state index in [0.29, 0.717) is 11.3 Å². The Labute approximate surface area is 139 Å². The van der Waals surface area contributed by atoms with Gasteiger partial charge in [0.05, 0.1) is 12.2 Å². The Morgan fingerprint density at radius 3 is 2.79 bits per heavy atom. The highest BCUT2D eigenvalue weighted by Crippen LogP contribution is 2.26. The molecule has 1 heterocycles. The highest BCUT2D eigenvalue weighted by atomic mass is 35.5. The van der Waals surface area contributed by atoms with Crippen LogP contribution in [0.3, 0.4) is 0 Å². The molecule has 24 heavy (non-hydrogen) atoms. The van der Waals surface area contributed by atoms with E-state index in [1.54, 1.807) is 23.6 Å². The molecule has 0 aliphatic carbocycles. The van der Waals surface area contributed by atoms with Gasteiger partial charge in [0.2, 0.25) is 0 Å². The number of nitro groups is 1. The molecule has 0 saturated carbocycles. The molecule has 1 aromatic heterocycles. The summed E-state index contributed by atoms with van der Waals surface area (Å²) in [7, 11) is 0. The predicted molar refractivity (Wildman–Crippen MR) is 82.8 cm³/mol. The van der Waals surface area contributed by atoms with Gasteiger partial charge in [-0.3, -0.25) is 0 Å². The highest BCUT2D eigenvalue weighted by molar-refractivity contribution is 6.33. The van der Waals surface area contributed by atoms with Crippen molar-refractivity contribution in [3.8, 4) is 11.3 Å². The number of hydrogen-bond donors (Lipinski definition) is 2. The van der Waals surface area contributed by atoms with E-state index in [-0.39, 0.29) is 16.3 Å². The fraction of sp³-hybridized carbons (Fsp3) is 0. The third kappa shape index (κ3) is 4.30. The number of nitrogens with zero attached hydrogens (tertiary/aromatic N) is 3. The molecule has 124 valence electrons. The maximum atomic E-state index is 11.0. The summed E-state index contributed by atoms with van der Waals surface area (Å²) in [6.07, 6.45) is 1.17. The zero-order valence-corrected chi connectivity index (χ0v) is 12.6. The van der Waals surface area contributed by atoms with E-state index in [1.165, 1.54) is 18.3 Å². The number of aromatic carboxylic acids is 1. The van der Waals surface area contributed by atoms with E-state index in [1.807, 2.05) is 0 Å². The van der Waals surface area contributed by atoms with E-state index < -0.39 is 17.0 Å². The van der Waals surface area contributed by atoms with E-state index in [9.17, 15) is 20.0 Å². The Bertz CT molecular complexity index is 845. The number of nitrogens with one attached hydrogen (secondary N) is 1. The number of carbonyl (C=O) groups is 1. The van der Waals surface area contributed by atoms with Gasteiger partial charge in [0.1, 0.15) is 11.5 Å². The second kappa shape index (κ2) is 7.24. The van der Waals surface area contributed by atoms with E-state index in [0.717, 1.165) is 0 Å². The molecule has 0 spiro atoms. The fourth-order valence-corrected chi connectivity index (χ4v) is 1.87. The third-order valence-corrected chi connectivity index (χ3v) is 2.98. The summed E-state index contributed by atoms with van der Waals surface area (Å²) >= 11 is 5.76. The number of halogens is 1. The molecule has 0 aliphatic rings. The van der Waals surface area contributed by atoms with Crippen LogP contribution in [0.15, 0.2) is 45.0 Å². The second-order valence-electron chi connectivity index (χ2n) is 4.28. The molecular formula is C13H9ClN5O5-. The van der Waals surface area contributed by atoms with Gasteiger partial charge >= 0.3 is 0 Å². The molecular weight excluding hydrogens is 342 g/mol. The number of nitrogens with two attached hydrogens (primary N) is 1. The molecule has 0 bridgehead atoms. The maximum Gasteiger partial charge on any atom is 0.275 e. The normalized spacial score (nSPS) is 11.6. The van der Waals surface area contributed by atoms with Crippen LogP contribution in [-0.2, 0) is 0 Å². The van der Waals surface area contributed by atoms with Gasteiger partial charge in [-0.25, -0.2) is 10.1 Å². The highest BCUT2D eigenvalue weighted by Gasteiger charge is 2.08. The largest absolute Gasteiger partial charge is 0.545 e. The third-order valence-electron chi connectivity index (χ3n) is 2.65. The molecule has 11 heteroatoms. The second-order valence-corrected chi connectivity index (χ2v) is 4.69. The lowest BCUT2D eigenvalue weighted by Gasteiger charge is -2.06. The standard InChI is InChI=1S/C13H10ClN5O5/c14-10-3-1-7(5-9(10)12(20)21)11-4-2-8(24-11)6-16-17-13(15)18-19(22)23/h1-6H,(H,20,21)(H3,15,17,18)/p-1/b16-6-. The van der Waals surface area contributed by atoms with Crippen molar-refractivity contribution in [1.29, 1.82) is 0 Å². The Morgan fingerprint density at radius 2 is 2.12 bits per heavy atom. The number of carbonyl (C=O) groups excluding carboxylic acids is 1. The van der Waals surface area contributed by atoms with Gasteiger partial charge in [-0.15, -0.1) is 5.10 Å². The number of hydrogen-bond acceptors (Lipinski definition) is 7. The van der Waals surface area contributed by atoms with Crippen molar-refractivity contribution in [3.63, 3.8) is 0 Å². The van der Waals surface area contributed by atoms with Crippen LogP contribution in [0.1, 0.15) is 16.1 Å². The first-order valence-electron chi connectivity index (χ1n) is 6.25. The Hall–Kier alpha value is -3.40. The quantitative estimate of drug-likeness (QED) is 0.341. The number of carboxylic acids is 1. The molecule has 0 unspecified atom stereocenters. The monoisotopic (exact) mass is 350 g/mol. The van der Waals surface area contributed by atoms with Crippen LogP contribution in [0, 0.1) is 10.1 Å². The first-order chi connectivity index (χ1) is 11.4. The SMILES string of the molecule is NC(=N/N=C\c1ccc(-c2ccc(Cl)c(C(=O)[O-])c2)o1)N[N+](=O)[O-]. The molecule has 0 aliphatic heterocycles. The molecule has 0 radical (unpaired) electrons. The number of benzene rings is 1. The molecule has 1 aromatic carbocycles. The van der Waals surface area contributed by atoms with Crippen LogP contribution in [-0.4, -0.2) is 23.2 Å². The van der Waals surface area contributed by atoms with Crippen molar-refractivity contribution >= 4 is 29.7 Å². The first kappa shape index (κ1) is 17.0. The predicted octanol–water partition coefficient (Wildman–Crippen LogP) is 0.393. The number of guanidine groups is 1. The Balaban J connectivity index is 2.18. The first-order valence-corrected chi connectivity index (χ1v) is 6.63. The topological polar surface area (TPSA) is 159 Å². The van der Waals surface area contributed by atoms with Crippen LogP contribution in [0.5, 0.6) is 0 Å². The zero-order chi connectivity index (χ0) is 17.7. The average molecular weight is 351 g/mol. The van der Waals surface area contributed by atoms with Crippen molar-refractivity contribution in [1.82, 2.24) is 5.43 Å². The minimum absolute atomic E-state index is 0.0511. The summed E-state index contributed by atoms with van der Waals surface area (Å²) in [5.41, 5.74) is 7.09. The van der Waals surface area contributed by atoms with Crippen LogP contribution < -0.4 is 16.3 Å². The number of rotatable bonds is 5. The Kier molecular flexibility index (Phi) is 5.12. The summed E-state index contributed by atoms with van der Waals surface area (Å²) in [5.74, 6) is -1.28. The van der Waals surface area contributed by atoms with E-state index in [2.05, 4.69) is 10.2 Å². The molecule has 2 aromatic rings. The molecule has 0 amide bonds. The van der Waals surface area contributed by atoms with Crippen molar-refractivity contribution < 1.29 is 19.4 Å². The molecule has 0 atom stereocenters. The smallest absolute Gasteiger partial charge is 0.275 e. The summed E-state index contributed by atoms with van der Waals surface area (Å²) in [5, 5.41) is 27.1. The summed E-state index contributed by atoms with van der Waals surface area (Å²) in [6, 6.07) is 7.41. The lowest BCUT2D eigenvalue weighted by molar-refractivity contribution is -0.525. The van der Waals surface area contributed by atoms with Gasteiger partial charge in [-0.05, 0) is 30.3 Å². The minimum Gasteiger partial charge on any atom is -0.545 e. The molecule has 2 rings (SSSR count). The summed E-state index contributed by atoms with van der Waals surface area (Å²) in [4.78, 5) is 21.1. The van der Waals surface area contributed by atoms with E-state index >= 15 is 0 Å².